The molecule has 0 spiro atoms. The second-order valence-electron chi connectivity index (χ2n) is 5.57. The lowest BCUT2D eigenvalue weighted by Gasteiger charge is -2.18. The molecule has 22 heavy (non-hydrogen) atoms. The average molecular weight is 307 g/mol. The summed E-state index contributed by atoms with van der Waals surface area (Å²) in [6.45, 7) is 9.93. The Labute approximate surface area is 129 Å². The van der Waals surface area contributed by atoms with E-state index < -0.39 is 0 Å². The van der Waals surface area contributed by atoms with Crippen molar-refractivity contribution >= 4 is 11.2 Å². The van der Waals surface area contributed by atoms with E-state index in [9.17, 15) is 9.59 Å². The van der Waals surface area contributed by atoms with Crippen LogP contribution in [0.15, 0.2) is 9.59 Å². The number of nitrogens with zero attached hydrogens (tertiary/aromatic N) is 5. The van der Waals surface area contributed by atoms with Crippen LogP contribution in [-0.4, -0.2) is 43.2 Å². The van der Waals surface area contributed by atoms with Crippen LogP contribution in [0.3, 0.4) is 0 Å². The molecular formula is C15H25N5O2. The van der Waals surface area contributed by atoms with Crippen LogP contribution in [0.1, 0.15) is 26.1 Å². The summed E-state index contributed by atoms with van der Waals surface area (Å²) in [5, 5.41) is 0. The number of imidazole rings is 1. The van der Waals surface area contributed by atoms with Gasteiger partial charge in [0.05, 0.1) is 0 Å². The molecular weight excluding hydrogens is 282 g/mol. The molecule has 0 aromatic carbocycles. The van der Waals surface area contributed by atoms with Crippen LogP contribution in [0.4, 0.5) is 0 Å². The molecule has 2 aromatic heterocycles. The number of aromatic nitrogens is 4. The first-order chi connectivity index (χ1) is 10.4. The minimum absolute atomic E-state index is 0.276. The Morgan fingerprint density at radius 2 is 1.73 bits per heavy atom. The Morgan fingerprint density at radius 3 is 2.32 bits per heavy atom. The maximum Gasteiger partial charge on any atom is 0.332 e. The molecule has 7 nitrogen and oxygen atoms in total. The first kappa shape index (κ1) is 16.5. The first-order valence-corrected chi connectivity index (χ1v) is 7.77. The third kappa shape index (κ3) is 2.72. The smallest absolute Gasteiger partial charge is 0.322 e. The van der Waals surface area contributed by atoms with Crippen LogP contribution in [0.2, 0.25) is 0 Å². The van der Waals surface area contributed by atoms with Crippen LogP contribution in [-0.2, 0) is 20.6 Å². The van der Waals surface area contributed by atoms with Gasteiger partial charge in [0.25, 0.3) is 5.56 Å². The normalized spacial score (nSPS) is 11.7. The van der Waals surface area contributed by atoms with E-state index in [1.165, 1.54) is 11.6 Å². The molecule has 0 aliphatic heterocycles. The minimum Gasteiger partial charge on any atom is -0.322 e. The third-order valence-electron chi connectivity index (χ3n) is 4.29. The number of hydrogen-bond acceptors (Lipinski definition) is 4. The van der Waals surface area contributed by atoms with Gasteiger partial charge in [-0.3, -0.25) is 13.9 Å². The molecule has 7 heteroatoms. The summed E-state index contributed by atoms with van der Waals surface area (Å²) in [5.41, 5.74) is 0.363. The van der Waals surface area contributed by atoms with Crippen LogP contribution < -0.4 is 11.2 Å². The van der Waals surface area contributed by atoms with Gasteiger partial charge in [-0.05, 0) is 33.0 Å². The van der Waals surface area contributed by atoms with Crippen molar-refractivity contribution in [3.8, 4) is 0 Å². The van der Waals surface area contributed by atoms with Gasteiger partial charge in [0, 0.05) is 20.6 Å². The highest BCUT2D eigenvalue weighted by molar-refractivity contribution is 5.70. The Morgan fingerprint density at radius 1 is 1.09 bits per heavy atom. The summed E-state index contributed by atoms with van der Waals surface area (Å²) < 4.78 is 4.51. The summed E-state index contributed by atoms with van der Waals surface area (Å²) in [7, 11) is 3.16. The van der Waals surface area contributed by atoms with Crippen molar-refractivity contribution in [2.75, 3.05) is 19.6 Å². The van der Waals surface area contributed by atoms with Gasteiger partial charge in [-0.15, -0.1) is 0 Å². The van der Waals surface area contributed by atoms with Gasteiger partial charge < -0.3 is 9.47 Å². The second kappa shape index (κ2) is 6.48. The molecule has 0 atom stereocenters. The van der Waals surface area contributed by atoms with Gasteiger partial charge in [0.15, 0.2) is 11.2 Å². The molecule has 2 rings (SSSR count). The second-order valence-corrected chi connectivity index (χ2v) is 5.57. The van der Waals surface area contributed by atoms with E-state index in [1.807, 2.05) is 11.5 Å². The van der Waals surface area contributed by atoms with Gasteiger partial charge in [-0.2, -0.15) is 0 Å². The number of hydrogen-bond donors (Lipinski definition) is 0. The highest BCUT2D eigenvalue weighted by atomic mass is 16.2. The fourth-order valence-electron chi connectivity index (χ4n) is 2.82. The van der Waals surface area contributed by atoms with E-state index in [0.717, 1.165) is 43.0 Å². The summed E-state index contributed by atoms with van der Waals surface area (Å²) >= 11 is 0. The summed E-state index contributed by atoms with van der Waals surface area (Å²) in [5.74, 6) is 0.771. The molecule has 0 fully saturated rings. The van der Waals surface area contributed by atoms with E-state index >= 15 is 0 Å². The molecule has 0 aliphatic carbocycles. The highest BCUT2D eigenvalue weighted by Gasteiger charge is 2.16. The van der Waals surface area contributed by atoms with Crippen LogP contribution >= 0.6 is 0 Å². The van der Waals surface area contributed by atoms with Gasteiger partial charge in [0.1, 0.15) is 5.82 Å². The van der Waals surface area contributed by atoms with E-state index in [1.54, 1.807) is 7.05 Å². The molecule has 0 saturated heterocycles. The molecule has 2 heterocycles. The maximum atomic E-state index is 12.4. The summed E-state index contributed by atoms with van der Waals surface area (Å²) in [6, 6.07) is 0. The van der Waals surface area contributed by atoms with Crippen LogP contribution in [0, 0.1) is 6.92 Å². The zero-order chi connectivity index (χ0) is 16.4. The number of aryl methyl sites for hydroxylation is 3. The molecule has 0 amide bonds. The van der Waals surface area contributed by atoms with Crippen molar-refractivity contribution in [3.05, 3.63) is 26.7 Å². The fraction of sp³-hybridized carbons (Fsp3) is 0.667. The Balaban J connectivity index is 2.41. The SMILES string of the molecule is CCN(CC)CCCn1c(C)nc2c1c(=O)n(C)c(=O)n2C. The van der Waals surface area contributed by atoms with E-state index in [0.29, 0.717) is 11.2 Å². The van der Waals surface area contributed by atoms with Gasteiger partial charge >= 0.3 is 5.69 Å². The number of fused-ring (bicyclic) bond motifs is 1. The lowest BCUT2D eigenvalue weighted by atomic mass is 10.3. The van der Waals surface area contributed by atoms with Crippen LogP contribution in [0.25, 0.3) is 11.2 Å². The third-order valence-corrected chi connectivity index (χ3v) is 4.29. The first-order valence-electron chi connectivity index (χ1n) is 7.77. The molecule has 0 radical (unpaired) electrons. The zero-order valence-electron chi connectivity index (χ0n) is 14.1. The summed E-state index contributed by atoms with van der Waals surface area (Å²) in [4.78, 5) is 31.2. The summed E-state index contributed by atoms with van der Waals surface area (Å²) in [6.07, 6.45) is 0.944. The lowest BCUT2D eigenvalue weighted by molar-refractivity contribution is 0.293. The predicted octanol–water partition coefficient (Wildman–Crippen LogP) is 0.474. The maximum absolute atomic E-state index is 12.4. The average Bonchev–Trinajstić information content (AvgIpc) is 2.84. The van der Waals surface area contributed by atoms with Crippen molar-refractivity contribution in [2.24, 2.45) is 14.1 Å². The van der Waals surface area contributed by atoms with Crippen LogP contribution in [0.5, 0.6) is 0 Å². The largest absolute Gasteiger partial charge is 0.332 e. The molecule has 0 aliphatic rings. The van der Waals surface area contributed by atoms with E-state index in [2.05, 4.69) is 23.7 Å². The Hall–Kier alpha value is -1.89. The molecule has 0 N–H and O–H groups in total. The topological polar surface area (TPSA) is 65.1 Å². The predicted molar refractivity (Wildman–Crippen MR) is 87.4 cm³/mol. The van der Waals surface area contributed by atoms with Crippen molar-refractivity contribution in [3.63, 3.8) is 0 Å². The van der Waals surface area contributed by atoms with E-state index in [4.69, 9.17) is 0 Å². The minimum atomic E-state index is -0.342. The van der Waals surface area contributed by atoms with Crippen molar-refractivity contribution < 1.29 is 0 Å². The quantitative estimate of drug-likeness (QED) is 0.778. The van der Waals surface area contributed by atoms with Gasteiger partial charge in [0.2, 0.25) is 0 Å². The van der Waals surface area contributed by atoms with Crippen molar-refractivity contribution in [1.29, 1.82) is 0 Å². The van der Waals surface area contributed by atoms with E-state index in [-0.39, 0.29) is 11.2 Å². The zero-order valence-corrected chi connectivity index (χ0v) is 14.1. The van der Waals surface area contributed by atoms with Crippen molar-refractivity contribution in [1.82, 2.24) is 23.6 Å². The molecule has 0 unspecified atom stereocenters. The monoisotopic (exact) mass is 307 g/mol. The molecule has 0 saturated carbocycles. The standard InChI is InChI=1S/C15H25N5O2/c1-6-19(7-2)9-8-10-20-11(3)16-13-12(20)14(21)18(5)15(22)17(13)4/h6-10H2,1-5H3. The lowest BCUT2D eigenvalue weighted by Crippen LogP contribution is -2.37. The van der Waals surface area contributed by atoms with Crippen molar-refractivity contribution in [2.45, 2.75) is 33.7 Å². The van der Waals surface area contributed by atoms with Gasteiger partial charge in [-0.25, -0.2) is 9.78 Å². The fourth-order valence-corrected chi connectivity index (χ4v) is 2.82. The Kier molecular flexibility index (Phi) is 4.85. The highest BCUT2D eigenvalue weighted by Crippen LogP contribution is 2.11. The Bertz CT molecular complexity index is 780. The number of rotatable bonds is 6. The molecule has 122 valence electrons. The molecule has 2 aromatic rings. The molecule has 0 bridgehead atoms. The van der Waals surface area contributed by atoms with Gasteiger partial charge in [-0.1, -0.05) is 13.8 Å².